The summed E-state index contributed by atoms with van der Waals surface area (Å²) in [7, 11) is -3.50. The second-order valence-electron chi connectivity index (χ2n) is 5.28. The lowest BCUT2D eigenvalue weighted by molar-refractivity contribution is 0.175. The number of nitrogens with zero attached hydrogens (tertiary/aromatic N) is 3. The van der Waals surface area contributed by atoms with Crippen molar-refractivity contribution in [3.05, 3.63) is 11.4 Å². The Morgan fingerprint density at radius 1 is 1.33 bits per heavy atom. The number of rotatable bonds is 4. The number of aromatic amines is 1. The van der Waals surface area contributed by atoms with E-state index >= 15 is 0 Å². The third-order valence-corrected chi connectivity index (χ3v) is 6.39. The van der Waals surface area contributed by atoms with Crippen LogP contribution in [0.15, 0.2) is 4.90 Å². The molecule has 9 heteroatoms. The zero-order valence-corrected chi connectivity index (χ0v) is 14.1. The fourth-order valence-corrected chi connectivity index (χ4v) is 4.46. The summed E-state index contributed by atoms with van der Waals surface area (Å²) in [6.07, 6.45) is 0. The van der Waals surface area contributed by atoms with Gasteiger partial charge >= 0.3 is 0 Å². The molecule has 2 heterocycles. The molecular formula is C12H21N5O2S2. The molecule has 118 valence electrons. The molecule has 2 rings (SSSR count). The molecule has 0 bridgehead atoms. The molecule has 0 radical (unpaired) electrons. The van der Waals surface area contributed by atoms with E-state index in [9.17, 15) is 8.42 Å². The molecule has 0 saturated carbocycles. The van der Waals surface area contributed by atoms with Gasteiger partial charge < -0.3 is 5.73 Å². The molecule has 0 amide bonds. The van der Waals surface area contributed by atoms with Crippen LogP contribution in [-0.2, 0) is 10.0 Å². The monoisotopic (exact) mass is 331 g/mol. The van der Waals surface area contributed by atoms with Crippen LogP contribution in [0.5, 0.6) is 0 Å². The van der Waals surface area contributed by atoms with Crippen molar-refractivity contribution < 1.29 is 8.42 Å². The summed E-state index contributed by atoms with van der Waals surface area (Å²) in [5.41, 5.74) is 6.73. The lowest BCUT2D eigenvalue weighted by Gasteiger charge is -2.36. The van der Waals surface area contributed by atoms with Crippen LogP contribution < -0.4 is 5.73 Å². The average molecular weight is 331 g/mol. The molecule has 7 nitrogen and oxygen atoms in total. The van der Waals surface area contributed by atoms with Crippen LogP contribution in [0.4, 0.5) is 0 Å². The van der Waals surface area contributed by atoms with Crippen molar-refractivity contribution in [2.45, 2.75) is 31.7 Å². The summed E-state index contributed by atoms with van der Waals surface area (Å²) >= 11 is 4.99. The SMILES string of the molecule is Cc1n[nH]c(C)c1S(=O)(=O)N1CCN(C(C)C(N)=S)CC1. The number of sulfonamides is 1. The van der Waals surface area contributed by atoms with E-state index in [1.807, 2.05) is 6.92 Å². The van der Waals surface area contributed by atoms with Gasteiger partial charge in [0.1, 0.15) is 4.90 Å². The zero-order valence-electron chi connectivity index (χ0n) is 12.5. The summed E-state index contributed by atoms with van der Waals surface area (Å²) in [6.45, 7) is 7.45. The molecular weight excluding hydrogens is 310 g/mol. The Labute approximate surface area is 130 Å². The van der Waals surface area contributed by atoms with Crippen LogP contribution in [0.1, 0.15) is 18.3 Å². The second-order valence-corrected chi connectivity index (χ2v) is 7.63. The number of aromatic nitrogens is 2. The average Bonchev–Trinajstić information content (AvgIpc) is 2.78. The topological polar surface area (TPSA) is 95.3 Å². The third-order valence-electron chi connectivity index (χ3n) is 3.89. The van der Waals surface area contributed by atoms with E-state index in [1.165, 1.54) is 4.31 Å². The first-order chi connectivity index (χ1) is 9.75. The van der Waals surface area contributed by atoms with Gasteiger partial charge in [-0.1, -0.05) is 12.2 Å². The molecule has 0 spiro atoms. The van der Waals surface area contributed by atoms with Crippen molar-refractivity contribution in [2.75, 3.05) is 26.2 Å². The first-order valence-corrected chi connectivity index (χ1v) is 8.65. The van der Waals surface area contributed by atoms with Gasteiger partial charge in [0, 0.05) is 26.2 Å². The van der Waals surface area contributed by atoms with Gasteiger partial charge in [0.15, 0.2) is 0 Å². The first kappa shape index (κ1) is 16.3. The van der Waals surface area contributed by atoms with Crippen LogP contribution in [0, 0.1) is 13.8 Å². The van der Waals surface area contributed by atoms with E-state index in [1.54, 1.807) is 13.8 Å². The van der Waals surface area contributed by atoms with E-state index in [2.05, 4.69) is 15.1 Å². The number of nitrogens with one attached hydrogen (secondary N) is 1. The van der Waals surface area contributed by atoms with E-state index in [4.69, 9.17) is 18.0 Å². The Morgan fingerprint density at radius 3 is 2.33 bits per heavy atom. The molecule has 1 unspecified atom stereocenters. The Morgan fingerprint density at radius 2 is 1.90 bits per heavy atom. The molecule has 0 aliphatic carbocycles. The van der Waals surface area contributed by atoms with Crippen molar-refractivity contribution in [3.63, 3.8) is 0 Å². The van der Waals surface area contributed by atoms with E-state index in [0.29, 0.717) is 47.5 Å². The maximum atomic E-state index is 12.7. The molecule has 1 aliphatic heterocycles. The third kappa shape index (κ3) is 3.10. The normalized spacial score (nSPS) is 19.6. The smallest absolute Gasteiger partial charge is 0.246 e. The highest BCUT2D eigenvalue weighted by Gasteiger charge is 2.33. The molecule has 1 aromatic heterocycles. The van der Waals surface area contributed by atoms with Gasteiger partial charge in [-0.3, -0.25) is 10.00 Å². The predicted molar refractivity (Wildman–Crippen MR) is 84.6 cm³/mol. The summed E-state index contributed by atoms with van der Waals surface area (Å²) in [5.74, 6) is 0. The fraction of sp³-hybridized carbons (Fsp3) is 0.667. The molecule has 1 aromatic rings. The fourth-order valence-electron chi connectivity index (χ4n) is 2.56. The van der Waals surface area contributed by atoms with Crippen molar-refractivity contribution in [1.82, 2.24) is 19.4 Å². The minimum absolute atomic E-state index is 0.0118. The standard InChI is InChI=1S/C12H21N5O2S2/c1-8-11(9(2)15-14-8)21(18,19)17-6-4-16(5-7-17)10(3)12(13)20/h10H,4-7H2,1-3H3,(H2,13,20)(H,14,15). The second kappa shape index (κ2) is 5.99. The highest BCUT2D eigenvalue weighted by atomic mass is 32.2. The predicted octanol–water partition coefficient (Wildman–Crippen LogP) is 0.00744. The maximum absolute atomic E-state index is 12.7. The minimum Gasteiger partial charge on any atom is -0.392 e. The Bertz CT molecular complexity index is 613. The molecule has 3 N–H and O–H groups in total. The van der Waals surface area contributed by atoms with Gasteiger partial charge in [-0.15, -0.1) is 0 Å². The van der Waals surface area contributed by atoms with Crippen LogP contribution in [0.3, 0.4) is 0 Å². The summed E-state index contributed by atoms with van der Waals surface area (Å²) < 4.78 is 26.9. The van der Waals surface area contributed by atoms with Crippen molar-refractivity contribution >= 4 is 27.2 Å². The Balaban J connectivity index is 2.14. The molecule has 1 fully saturated rings. The first-order valence-electron chi connectivity index (χ1n) is 6.80. The van der Waals surface area contributed by atoms with Gasteiger partial charge in [0.2, 0.25) is 10.0 Å². The molecule has 1 atom stereocenters. The van der Waals surface area contributed by atoms with Crippen LogP contribution >= 0.6 is 12.2 Å². The highest BCUT2D eigenvalue weighted by Crippen LogP contribution is 2.23. The minimum atomic E-state index is -3.50. The molecule has 1 aliphatic rings. The number of piperazine rings is 1. The van der Waals surface area contributed by atoms with Gasteiger partial charge in [0.25, 0.3) is 0 Å². The van der Waals surface area contributed by atoms with Gasteiger partial charge in [-0.25, -0.2) is 8.42 Å². The number of nitrogens with two attached hydrogens (primary N) is 1. The highest BCUT2D eigenvalue weighted by molar-refractivity contribution is 7.89. The Hall–Kier alpha value is -1.03. The lowest BCUT2D eigenvalue weighted by atomic mass is 10.2. The molecule has 21 heavy (non-hydrogen) atoms. The van der Waals surface area contributed by atoms with Crippen LogP contribution in [0.2, 0.25) is 0 Å². The van der Waals surface area contributed by atoms with Crippen LogP contribution in [-0.4, -0.2) is 65.0 Å². The molecule has 0 aromatic carbocycles. The van der Waals surface area contributed by atoms with Crippen LogP contribution in [0.25, 0.3) is 0 Å². The van der Waals surface area contributed by atoms with Crippen molar-refractivity contribution in [3.8, 4) is 0 Å². The summed E-state index contributed by atoms with van der Waals surface area (Å²) in [4.78, 5) is 2.83. The van der Waals surface area contributed by atoms with Crippen molar-refractivity contribution in [1.29, 1.82) is 0 Å². The quantitative estimate of drug-likeness (QED) is 0.755. The summed E-state index contributed by atoms with van der Waals surface area (Å²) in [6, 6.07) is -0.0118. The summed E-state index contributed by atoms with van der Waals surface area (Å²) in [5, 5.41) is 6.69. The van der Waals surface area contributed by atoms with E-state index in [0.717, 1.165) is 0 Å². The largest absolute Gasteiger partial charge is 0.392 e. The Kier molecular flexibility index (Phi) is 4.66. The maximum Gasteiger partial charge on any atom is 0.246 e. The molecule has 1 saturated heterocycles. The van der Waals surface area contributed by atoms with E-state index in [-0.39, 0.29) is 6.04 Å². The van der Waals surface area contributed by atoms with Gasteiger partial charge in [-0.2, -0.15) is 9.40 Å². The van der Waals surface area contributed by atoms with Crippen molar-refractivity contribution in [2.24, 2.45) is 5.73 Å². The number of hydrogen-bond donors (Lipinski definition) is 2. The number of hydrogen-bond acceptors (Lipinski definition) is 5. The van der Waals surface area contributed by atoms with Gasteiger partial charge in [0.05, 0.1) is 22.4 Å². The zero-order chi connectivity index (χ0) is 15.8. The number of H-pyrrole nitrogens is 1. The number of aryl methyl sites for hydroxylation is 2. The lowest BCUT2D eigenvalue weighted by Crippen LogP contribution is -2.53. The number of thiocarbonyl (C=S) groups is 1. The van der Waals surface area contributed by atoms with E-state index < -0.39 is 10.0 Å². The van der Waals surface area contributed by atoms with Gasteiger partial charge in [-0.05, 0) is 20.8 Å².